The van der Waals surface area contributed by atoms with Crippen molar-refractivity contribution in [1.29, 1.82) is 0 Å². The van der Waals surface area contributed by atoms with E-state index in [1.165, 1.54) is 6.08 Å². The Kier molecular flexibility index (Phi) is 7.19. The van der Waals surface area contributed by atoms with E-state index in [1.807, 2.05) is 36.4 Å². The number of nitrogens with one attached hydrogen (secondary N) is 2. The highest BCUT2D eigenvalue weighted by Gasteiger charge is 2.21. The number of carbonyl (C=O) groups excluding carboxylic acids is 3. The lowest BCUT2D eigenvalue weighted by Crippen LogP contribution is -2.26. The number of rotatable bonds is 7. The second-order valence-electron chi connectivity index (χ2n) is 6.67. The predicted octanol–water partition coefficient (Wildman–Crippen LogP) is 3.73. The maximum absolute atomic E-state index is 11.9. The summed E-state index contributed by atoms with van der Waals surface area (Å²) in [6, 6.07) is 14.8. The Morgan fingerprint density at radius 1 is 1.07 bits per heavy atom. The van der Waals surface area contributed by atoms with Crippen LogP contribution in [0.4, 0.5) is 11.4 Å². The highest BCUT2D eigenvalue weighted by atomic mass is 79.9. The van der Waals surface area contributed by atoms with Gasteiger partial charge in [-0.15, -0.1) is 0 Å². The van der Waals surface area contributed by atoms with Crippen LogP contribution >= 0.6 is 15.9 Å². The summed E-state index contributed by atoms with van der Waals surface area (Å²) in [5.41, 5.74) is 2.46. The number of halogens is 1. The van der Waals surface area contributed by atoms with Crippen LogP contribution in [0.2, 0.25) is 0 Å². The lowest BCUT2D eigenvalue weighted by molar-refractivity contribution is -0.118. The second-order valence-corrected chi connectivity index (χ2v) is 7.59. The molecule has 3 rings (SSSR count). The fraction of sp³-hybridized carbons (Fsp3) is 0.227. The number of anilines is 2. The van der Waals surface area contributed by atoms with Crippen molar-refractivity contribution >= 4 is 51.1 Å². The Morgan fingerprint density at radius 2 is 1.79 bits per heavy atom. The standard InChI is InChI=1S/C22H22BrN3O3/c23-17-6-8-18(9-7-17)25-21(28)13-14-24-20(27)12-5-16-3-10-19(11-4-16)26-15-1-2-22(26)29/h3-12H,1-2,13-15H2,(H,24,27)(H,25,28). The first-order chi connectivity index (χ1) is 14.0. The molecule has 6 nitrogen and oxygen atoms in total. The molecule has 0 atom stereocenters. The monoisotopic (exact) mass is 455 g/mol. The van der Waals surface area contributed by atoms with Crippen LogP contribution in [0.5, 0.6) is 0 Å². The van der Waals surface area contributed by atoms with Crippen LogP contribution in [-0.2, 0) is 14.4 Å². The molecule has 29 heavy (non-hydrogen) atoms. The van der Waals surface area contributed by atoms with Crippen LogP contribution in [0, 0.1) is 0 Å². The summed E-state index contributed by atoms with van der Waals surface area (Å²) < 4.78 is 0.939. The number of nitrogens with zero attached hydrogens (tertiary/aromatic N) is 1. The first kappa shape index (κ1) is 20.8. The van der Waals surface area contributed by atoms with Gasteiger partial charge in [0.1, 0.15) is 0 Å². The number of hydrogen-bond acceptors (Lipinski definition) is 3. The van der Waals surface area contributed by atoms with Gasteiger partial charge in [-0.3, -0.25) is 14.4 Å². The van der Waals surface area contributed by atoms with E-state index in [1.54, 1.807) is 23.1 Å². The number of benzene rings is 2. The number of carbonyl (C=O) groups is 3. The summed E-state index contributed by atoms with van der Waals surface area (Å²) in [6.45, 7) is 1.01. The average molecular weight is 456 g/mol. The van der Waals surface area contributed by atoms with Crippen LogP contribution in [0.25, 0.3) is 6.08 Å². The number of amides is 3. The first-order valence-electron chi connectivity index (χ1n) is 9.43. The molecule has 1 aliphatic rings. The summed E-state index contributed by atoms with van der Waals surface area (Å²) >= 11 is 3.34. The van der Waals surface area contributed by atoms with Crippen LogP contribution in [-0.4, -0.2) is 30.8 Å². The first-order valence-corrected chi connectivity index (χ1v) is 10.2. The summed E-state index contributed by atoms with van der Waals surface area (Å²) in [4.78, 5) is 37.4. The van der Waals surface area contributed by atoms with E-state index in [2.05, 4.69) is 26.6 Å². The molecule has 0 unspecified atom stereocenters. The van der Waals surface area contributed by atoms with Crippen molar-refractivity contribution in [1.82, 2.24) is 5.32 Å². The predicted molar refractivity (Wildman–Crippen MR) is 117 cm³/mol. The van der Waals surface area contributed by atoms with Gasteiger partial charge in [-0.1, -0.05) is 28.1 Å². The summed E-state index contributed by atoms with van der Waals surface area (Å²) in [6.07, 6.45) is 4.81. The largest absolute Gasteiger partial charge is 0.352 e. The third-order valence-corrected chi connectivity index (χ3v) is 5.01. The van der Waals surface area contributed by atoms with Gasteiger partial charge in [0.25, 0.3) is 0 Å². The van der Waals surface area contributed by atoms with E-state index in [0.29, 0.717) is 12.1 Å². The normalized spacial score (nSPS) is 13.7. The van der Waals surface area contributed by atoms with Crippen molar-refractivity contribution < 1.29 is 14.4 Å². The van der Waals surface area contributed by atoms with Gasteiger partial charge < -0.3 is 15.5 Å². The quantitative estimate of drug-likeness (QED) is 0.624. The number of hydrogen-bond donors (Lipinski definition) is 2. The Labute approximate surface area is 178 Å². The van der Waals surface area contributed by atoms with Crippen molar-refractivity contribution in [3.05, 3.63) is 64.6 Å². The van der Waals surface area contributed by atoms with Gasteiger partial charge >= 0.3 is 0 Å². The lowest BCUT2D eigenvalue weighted by Gasteiger charge is -2.15. The molecule has 0 bridgehead atoms. The average Bonchev–Trinajstić information content (AvgIpc) is 3.14. The summed E-state index contributed by atoms with van der Waals surface area (Å²) in [7, 11) is 0. The Balaban J connectivity index is 1.40. The van der Waals surface area contributed by atoms with Gasteiger partial charge in [-0.25, -0.2) is 0 Å². The maximum atomic E-state index is 11.9. The zero-order valence-electron chi connectivity index (χ0n) is 15.9. The smallest absolute Gasteiger partial charge is 0.244 e. The minimum atomic E-state index is -0.264. The van der Waals surface area contributed by atoms with Crippen molar-refractivity contribution in [2.75, 3.05) is 23.3 Å². The SMILES string of the molecule is O=C(C=Cc1ccc(N2CCCC2=O)cc1)NCCC(=O)Nc1ccc(Br)cc1. The molecule has 150 valence electrons. The van der Waals surface area contributed by atoms with Gasteiger partial charge in [0.05, 0.1) is 0 Å². The van der Waals surface area contributed by atoms with Crippen molar-refractivity contribution in [2.45, 2.75) is 19.3 Å². The molecule has 1 saturated heterocycles. The Morgan fingerprint density at radius 3 is 2.45 bits per heavy atom. The minimum absolute atomic E-state index is 0.150. The fourth-order valence-corrected chi connectivity index (χ4v) is 3.24. The topological polar surface area (TPSA) is 78.5 Å². The second kappa shape index (κ2) is 10.0. The van der Waals surface area contributed by atoms with E-state index >= 15 is 0 Å². The third kappa shape index (κ3) is 6.29. The maximum Gasteiger partial charge on any atom is 0.244 e. The highest BCUT2D eigenvalue weighted by Crippen LogP contribution is 2.21. The van der Waals surface area contributed by atoms with E-state index in [0.717, 1.165) is 28.7 Å². The van der Waals surface area contributed by atoms with Crippen molar-refractivity contribution in [3.63, 3.8) is 0 Å². The Bertz CT molecular complexity index is 908. The molecule has 0 radical (unpaired) electrons. The molecule has 0 aromatic heterocycles. The summed E-state index contributed by atoms with van der Waals surface area (Å²) in [5, 5.41) is 5.47. The van der Waals surface area contributed by atoms with Gasteiger partial charge in [0.15, 0.2) is 0 Å². The van der Waals surface area contributed by atoms with Gasteiger partial charge in [0.2, 0.25) is 17.7 Å². The van der Waals surface area contributed by atoms with Crippen LogP contribution in [0.3, 0.4) is 0 Å². The molecule has 1 heterocycles. The van der Waals surface area contributed by atoms with E-state index in [-0.39, 0.29) is 30.7 Å². The molecule has 0 aliphatic carbocycles. The van der Waals surface area contributed by atoms with E-state index in [4.69, 9.17) is 0 Å². The molecule has 2 aromatic carbocycles. The minimum Gasteiger partial charge on any atom is -0.352 e. The zero-order valence-corrected chi connectivity index (χ0v) is 17.4. The summed E-state index contributed by atoms with van der Waals surface area (Å²) in [5.74, 6) is -0.277. The molecule has 1 fully saturated rings. The van der Waals surface area contributed by atoms with E-state index < -0.39 is 0 Å². The molecule has 2 N–H and O–H groups in total. The van der Waals surface area contributed by atoms with Crippen LogP contribution in [0.15, 0.2) is 59.1 Å². The van der Waals surface area contributed by atoms with Crippen LogP contribution < -0.4 is 15.5 Å². The lowest BCUT2D eigenvalue weighted by atomic mass is 10.2. The van der Waals surface area contributed by atoms with Crippen molar-refractivity contribution in [2.24, 2.45) is 0 Å². The van der Waals surface area contributed by atoms with E-state index in [9.17, 15) is 14.4 Å². The third-order valence-electron chi connectivity index (χ3n) is 4.48. The molecule has 0 saturated carbocycles. The van der Waals surface area contributed by atoms with Crippen molar-refractivity contribution in [3.8, 4) is 0 Å². The van der Waals surface area contributed by atoms with Gasteiger partial charge in [0, 0.05) is 47.9 Å². The molecule has 2 aromatic rings. The van der Waals surface area contributed by atoms with Gasteiger partial charge in [-0.05, 0) is 54.5 Å². The Hall–Kier alpha value is -2.93. The van der Waals surface area contributed by atoms with Crippen LogP contribution in [0.1, 0.15) is 24.8 Å². The fourth-order valence-electron chi connectivity index (χ4n) is 2.97. The zero-order chi connectivity index (χ0) is 20.6. The molecule has 0 spiro atoms. The highest BCUT2D eigenvalue weighted by molar-refractivity contribution is 9.10. The molecular weight excluding hydrogens is 434 g/mol. The molecule has 1 aliphatic heterocycles. The molecular formula is C22H22BrN3O3. The van der Waals surface area contributed by atoms with Gasteiger partial charge in [-0.2, -0.15) is 0 Å². The molecule has 3 amide bonds. The molecule has 7 heteroatoms.